The van der Waals surface area contributed by atoms with Gasteiger partial charge in [-0.25, -0.2) is 4.90 Å². The number of allylic oxidation sites excluding steroid dienone is 2. The van der Waals surface area contributed by atoms with E-state index in [1.807, 2.05) is 19.1 Å². The van der Waals surface area contributed by atoms with E-state index in [2.05, 4.69) is 12.2 Å². The second kappa shape index (κ2) is 8.30. The highest BCUT2D eigenvalue weighted by Crippen LogP contribution is 2.53. The van der Waals surface area contributed by atoms with Crippen LogP contribution >= 0.6 is 11.6 Å². The lowest BCUT2D eigenvalue weighted by Gasteiger charge is -2.20. The van der Waals surface area contributed by atoms with Gasteiger partial charge in [0.15, 0.2) is 0 Å². The number of amides is 3. The van der Waals surface area contributed by atoms with E-state index in [1.165, 1.54) is 4.90 Å². The van der Waals surface area contributed by atoms with E-state index < -0.39 is 11.9 Å². The quantitative estimate of drug-likeness (QED) is 0.269. The number of imide groups is 1. The number of anilines is 2. The Morgan fingerprint density at radius 2 is 1.64 bits per heavy atom. The number of hydrogen-bond acceptors (Lipinski definition) is 5. The Kier molecular flexibility index (Phi) is 5.30. The van der Waals surface area contributed by atoms with Crippen LogP contribution in [0.1, 0.15) is 24.0 Å². The van der Waals surface area contributed by atoms with Crippen molar-refractivity contribution in [1.29, 1.82) is 0 Å². The molecule has 5 atom stereocenters. The summed E-state index contributed by atoms with van der Waals surface area (Å²) in [5.41, 5.74) is 2.75. The number of nitrogens with zero attached hydrogens (tertiary/aromatic N) is 2. The highest BCUT2D eigenvalue weighted by molar-refractivity contribution is 6.31. The number of fused-ring (bicyclic) bond motifs is 5. The van der Waals surface area contributed by atoms with E-state index in [9.17, 15) is 19.2 Å². The Balaban J connectivity index is 1.15. The normalized spacial score (nSPS) is 28.4. The van der Waals surface area contributed by atoms with Crippen LogP contribution in [0.3, 0.4) is 0 Å². The molecule has 7 nitrogen and oxygen atoms in total. The van der Waals surface area contributed by atoms with Crippen molar-refractivity contribution in [3.8, 4) is 5.75 Å². The Morgan fingerprint density at radius 3 is 2.28 bits per heavy atom. The van der Waals surface area contributed by atoms with Gasteiger partial charge in [-0.15, -0.1) is 0 Å². The molecular formula is C28H25ClN2O5. The lowest BCUT2D eigenvalue weighted by atomic mass is 9.85. The second-order valence-electron chi connectivity index (χ2n) is 10.2. The van der Waals surface area contributed by atoms with Crippen molar-refractivity contribution in [3.05, 3.63) is 64.7 Å². The van der Waals surface area contributed by atoms with Crippen molar-refractivity contribution in [3.63, 3.8) is 0 Å². The molecule has 4 aliphatic rings. The molecule has 0 N–H and O–H groups in total. The van der Waals surface area contributed by atoms with Crippen LogP contribution in [0.4, 0.5) is 11.4 Å². The summed E-state index contributed by atoms with van der Waals surface area (Å²) in [4.78, 5) is 54.6. The van der Waals surface area contributed by atoms with Gasteiger partial charge in [0.1, 0.15) is 5.75 Å². The molecule has 3 amide bonds. The first kappa shape index (κ1) is 23.0. The lowest BCUT2D eigenvalue weighted by molar-refractivity contribution is -0.139. The summed E-state index contributed by atoms with van der Waals surface area (Å²) in [6.07, 6.45) is 5.07. The summed E-state index contributed by atoms with van der Waals surface area (Å²) in [6, 6.07) is 10.3. The Bertz CT molecular complexity index is 1340. The number of aryl methyl sites for hydroxylation is 2. The van der Waals surface area contributed by atoms with E-state index in [0.29, 0.717) is 27.7 Å². The third-order valence-electron chi connectivity index (χ3n) is 8.02. The fourth-order valence-corrected chi connectivity index (χ4v) is 6.32. The Labute approximate surface area is 213 Å². The summed E-state index contributed by atoms with van der Waals surface area (Å²) in [5.74, 6) is -1.49. The van der Waals surface area contributed by atoms with Gasteiger partial charge in [0.25, 0.3) is 0 Å². The average Bonchev–Trinajstić information content (AvgIpc) is 3.60. The van der Waals surface area contributed by atoms with E-state index >= 15 is 0 Å². The van der Waals surface area contributed by atoms with Crippen molar-refractivity contribution < 1.29 is 23.9 Å². The van der Waals surface area contributed by atoms with Crippen molar-refractivity contribution in [2.75, 3.05) is 16.3 Å². The second-order valence-corrected chi connectivity index (χ2v) is 10.6. The molecule has 1 saturated carbocycles. The van der Waals surface area contributed by atoms with Crippen molar-refractivity contribution in [1.82, 2.24) is 0 Å². The number of carbonyl (C=O) groups excluding carboxylic acids is 4. The number of benzene rings is 2. The minimum atomic E-state index is -0.610. The van der Waals surface area contributed by atoms with Gasteiger partial charge in [-0.2, -0.15) is 0 Å². The molecule has 2 aliphatic carbocycles. The smallest absolute Gasteiger partial charge is 0.316 e. The molecule has 0 radical (unpaired) electrons. The standard InChI is InChI=1S/C28H25ClN2O5/c1-14-3-6-19(12-21(14)29)30-13-18(11-23(30)32)28(35)36-20-7-8-22(15(2)9-20)31-26(33)24-16-4-5-17(10-16)25(24)27(31)34/h3-9,12,16-18,24-25H,10-11,13H2,1-2H3/t16-,17-,18+,24-,25-/m0/s1. The molecule has 8 heteroatoms. The van der Waals surface area contributed by atoms with Gasteiger partial charge in [0.2, 0.25) is 17.7 Å². The van der Waals surface area contributed by atoms with Gasteiger partial charge in [-0.3, -0.25) is 19.2 Å². The summed E-state index contributed by atoms with van der Waals surface area (Å²) in [6.45, 7) is 3.88. The molecule has 2 saturated heterocycles. The molecule has 184 valence electrons. The highest BCUT2D eigenvalue weighted by Gasteiger charge is 2.59. The predicted octanol–water partition coefficient (Wildman–Crippen LogP) is 4.23. The SMILES string of the molecule is Cc1ccc(N2C[C@H](C(=O)Oc3ccc(N4C(=O)[C@@H]5[C@@H](C4=O)[C@H]4C=C[C@H]5C4)c(C)c3)CC2=O)cc1Cl. The molecule has 2 heterocycles. The first-order valence-corrected chi connectivity index (χ1v) is 12.6. The summed E-state index contributed by atoms with van der Waals surface area (Å²) < 4.78 is 5.60. The van der Waals surface area contributed by atoms with Gasteiger partial charge in [0, 0.05) is 23.7 Å². The fraction of sp³-hybridized carbons (Fsp3) is 0.357. The number of hydrogen-bond donors (Lipinski definition) is 0. The maximum absolute atomic E-state index is 13.1. The van der Waals surface area contributed by atoms with Crippen LogP contribution in [0.5, 0.6) is 5.75 Å². The fourth-order valence-electron chi connectivity index (χ4n) is 6.15. The molecule has 0 unspecified atom stereocenters. The van der Waals surface area contributed by atoms with Crippen LogP contribution in [0.2, 0.25) is 5.02 Å². The molecule has 6 rings (SSSR count). The summed E-state index contributed by atoms with van der Waals surface area (Å²) in [7, 11) is 0. The third-order valence-corrected chi connectivity index (χ3v) is 8.43. The molecule has 2 aromatic carbocycles. The minimum Gasteiger partial charge on any atom is -0.426 e. The van der Waals surface area contributed by atoms with Crippen LogP contribution < -0.4 is 14.5 Å². The van der Waals surface area contributed by atoms with Gasteiger partial charge < -0.3 is 9.64 Å². The molecule has 2 aromatic rings. The number of rotatable bonds is 4. The van der Waals surface area contributed by atoms with Gasteiger partial charge in [0.05, 0.1) is 23.4 Å². The van der Waals surface area contributed by atoms with E-state index in [0.717, 1.165) is 12.0 Å². The summed E-state index contributed by atoms with van der Waals surface area (Å²) in [5, 5.41) is 0.560. The van der Waals surface area contributed by atoms with Crippen molar-refractivity contribution in [2.45, 2.75) is 26.7 Å². The van der Waals surface area contributed by atoms with Crippen LogP contribution in [0.25, 0.3) is 0 Å². The molecule has 0 aromatic heterocycles. The first-order valence-electron chi connectivity index (χ1n) is 12.2. The lowest BCUT2D eigenvalue weighted by Crippen LogP contribution is -2.33. The maximum Gasteiger partial charge on any atom is 0.316 e. The number of ether oxygens (including phenoxy) is 1. The molecule has 2 bridgehead atoms. The molecule has 36 heavy (non-hydrogen) atoms. The zero-order valence-electron chi connectivity index (χ0n) is 19.9. The maximum atomic E-state index is 13.1. The monoisotopic (exact) mass is 504 g/mol. The number of carbonyl (C=O) groups is 4. The first-order chi connectivity index (χ1) is 17.2. The van der Waals surface area contributed by atoms with E-state index in [4.69, 9.17) is 16.3 Å². The third kappa shape index (κ3) is 3.48. The van der Waals surface area contributed by atoms with Gasteiger partial charge >= 0.3 is 5.97 Å². The molecule has 3 fully saturated rings. The van der Waals surface area contributed by atoms with E-state index in [-0.39, 0.29) is 54.4 Å². The van der Waals surface area contributed by atoms with Crippen molar-refractivity contribution >= 4 is 46.7 Å². The minimum absolute atomic E-state index is 0.0529. The van der Waals surface area contributed by atoms with Crippen LogP contribution in [-0.4, -0.2) is 30.2 Å². The average molecular weight is 505 g/mol. The highest BCUT2D eigenvalue weighted by atomic mass is 35.5. The van der Waals surface area contributed by atoms with Gasteiger partial charge in [-0.05, 0) is 73.6 Å². The molecule has 0 spiro atoms. The van der Waals surface area contributed by atoms with Crippen molar-refractivity contribution in [2.24, 2.45) is 29.6 Å². The molecule has 2 aliphatic heterocycles. The Hall–Kier alpha value is -3.45. The topological polar surface area (TPSA) is 84.0 Å². The largest absolute Gasteiger partial charge is 0.426 e. The number of halogens is 1. The Morgan fingerprint density at radius 1 is 0.944 bits per heavy atom. The predicted molar refractivity (Wildman–Crippen MR) is 134 cm³/mol. The van der Waals surface area contributed by atoms with Crippen LogP contribution in [0.15, 0.2) is 48.6 Å². The number of esters is 1. The van der Waals surface area contributed by atoms with Crippen LogP contribution in [-0.2, 0) is 19.2 Å². The summed E-state index contributed by atoms with van der Waals surface area (Å²) >= 11 is 6.21. The van der Waals surface area contributed by atoms with Crippen LogP contribution in [0, 0.1) is 43.4 Å². The molecular weight excluding hydrogens is 480 g/mol. The zero-order chi connectivity index (χ0) is 25.3. The van der Waals surface area contributed by atoms with E-state index in [1.54, 1.807) is 36.1 Å². The zero-order valence-corrected chi connectivity index (χ0v) is 20.7. The van der Waals surface area contributed by atoms with Gasteiger partial charge in [-0.1, -0.05) is 29.8 Å².